The largest absolute Gasteiger partial charge is 0.486 e. The second-order valence-electron chi connectivity index (χ2n) is 3.60. The van der Waals surface area contributed by atoms with Crippen LogP contribution in [0.5, 0.6) is 5.75 Å². The molecule has 0 saturated carbocycles. The molecule has 0 aliphatic carbocycles. The molecule has 0 bridgehead atoms. The summed E-state index contributed by atoms with van der Waals surface area (Å²) in [7, 11) is 1.81. The van der Waals surface area contributed by atoms with E-state index in [2.05, 4.69) is 26.2 Å². The molecular weight excluding hydrogens is 286 g/mol. The normalized spacial score (nSPS) is 10.5. The summed E-state index contributed by atoms with van der Waals surface area (Å²) < 4.78 is 8.03. The van der Waals surface area contributed by atoms with E-state index in [0.29, 0.717) is 12.4 Å². The Kier molecular flexibility index (Phi) is 3.75. The summed E-state index contributed by atoms with van der Waals surface area (Å²) in [5.41, 5.74) is 1.61. The quantitative estimate of drug-likeness (QED) is 0.932. The van der Waals surface area contributed by atoms with E-state index in [9.17, 15) is 0 Å². The number of ether oxygens (including phenoxy) is 1. The Hall–Kier alpha value is -1.40. The standard InChI is InChI=1S/C11H12BrN3O2/c1-15-5-9(13-14-15)7-17-11-3-2-8(6-16)4-10(11)12/h2-5,16H,6-7H2,1H3. The highest BCUT2D eigenvalue weighted by molar-refractivity contribution is 9.10. The first-order valence-electron chi connectivity index (χ1n) is 5.06. The molecule has 2 rings (SSSR count). The first kappa shape index (κ1) is 12.1. The number of aryl methyl sites for hydroxylation is 1. The number of nitrogens with zero attached hydrogens (tertiary/aromatic N) is 3. The highest BCUT2D eigenvalue weighted by Crippen LogP contribution is 2.26. The number of aliphatic hydroxyl groups is 1. The molecule has 90 valence electrons. The number of hydrogen-bond donors (Lipinski definition) is 1. The predicted octanol–water partition coefficient (Wildman–Crippen LogP) is 1.65. The second kappa shape index (κ2) is 5.29. The number of benzene rings is 1. The van der Waals surface area contributed by atoms with E-state index in [1.807, 2.05) is 25.2 Å². The number of rotatable bonds is 4. The molecular formula is C11H12BrN3O2. The number of aromatic nitrogens is 3. The van der Waals surface area contributed by atoms with Crippen LogP contribution in [0.25, 0.3) is 0 Å². The summed E-state index contributed by atoms with van der Waals surface area (Å²) in [6.45, 7) is 0.383. The lowest BCUT2D eigenvalue weighted by molar-refractivity contribution is 0.280. The molecule has 17 heavy (non-hydrogen) atoms. The zero-order valence-electron chi connectivity index (χ0n) is 9.30. The predicted molar refractivity (Wildman–Crippen MR) is 65.4 cm³/mol. The smallest absolute Gasteiger partial charge is 0.134 e. The lowest BCUT2D eigenvalue weighted by Crippen LogP contribution is -1.97. The average molecular weight is 298 g/mol. The Morgan fingerprint density at radius 2 is 2.29 bits per heavy atom. The maximum Gasteiger partial charge on any atom is 0.134 e. The minimum atomic E-state index is 0.0169. The van der Waals surface area contributed by atoms with Crippen molar-refractivity contribution in [3.63, 3.8) is 0 Å². The molecule has 0 unspecified atom stereocenters. The summed E-state index contributed by atoms with van der Waals surface area (Å²) >= 11 is 3.39. The fraction of sp³-hybridized carbons (Fsp3) is 0.273. The lowest BCUT2D eigenvalue weighted by Gasteiger charge is -2.07. The van der Waals surface area contributed by atoms with Gasteiger partial charge < -0.3 is 9.84 Å². The average Bonchev–Trinajstić information content (AvgIpc) is 2.73. The number of aliphatic hydroxyl groups excluding tert-OH is 1. The van der Waals surface area contributed by atoms with E-state index in [1.165, 1.54) is 0 Å². The van der Waals surface area contributed by atoms with Gasteiger partial charge >= 0.3 is 0 Å². The highest BCUT2D eigenvalue weighted by Gasteiger charge is 2.04. The molecule has 0 radical (unpaired) electrons. The van der Waals surface area contributed by atoms with Gasteiger partial charge in [-0.3, -0.25) is 4.68 Å². The van der Waals surface area contributed by atoms with Crippen LogP contribution in [0.3, 0.4) is 0 Å². The van der Waals surface area contributed by atoms with Crippen molar-refractivity contribution >= 4 is 15.9 Å². The van der Waals surface area contributed by atoms with E-state index < -0.39 is 0 Å². The first-order chi connectivity index (χ1) is 8.19. The van der Waals surface area contributed by atoms with Gasteiger partial charge in [-0.05, 0) is 33.6 Å². The van der Waals surface area contributed by atoms with E-state index in [1.54, 1.807) is 10.9 Å². The van der Waals surface area contributed by atoms with Crippen molar-refractivity contribution in [3.8, 4) is 5.75 Å². The molecule has 0 saturated heterocycles. The monoisotopic (exact) mass is 297 g/mol. The Morgan fingerprint density at radius 3 is 2.88 bits per heavy atom. The summed E-state index contributed by atoms with van der Waals surface area (Å²) in [5, 5.41) is 16.7. The zero-order chi connectivity index (χ0) is 12.3. The van der Waals surface area contributed by atoms with Crippen LogP contribution in [0.4, 0.5) is 0 Å². The third kappa shape index (κ3) is 3.04. The van der Waals surface area contributed by atoms with Gasteiger partial charge in [0.1, 0.15) is 18.1 Å². The molecule has 0 fully saturated rings. The zero-order valence-corrected chi connectivity index (χ0v) is 10.9. The number of hydrogen-bond acceptors (Lipinski definition) is 4. The van der Waals surface area contributed by atoms with Crippen LogP contribution in [-0.4, -0.2) is 20.1 Å². The van der Waals surface area contributed by atoms with Crippen molar-refractivity contribution in [2.75, 3.05) is 0 Å². The van der Waals surface area contributed by atoms with Crippen molar-refractivity contribution in [2.45, 2.75) is 13.2 Å². The van der Waals surface area contributed by atoms with Crippen molar-refractivity contribution in [1.29, 1.82) is 0 Å². The first-order valence-corrected chi connectivity index (χ1v) is 5.85. The van der Waals surface area contributed by atoms with Crippen LogP contribution in [0.15, 0.2) is 28.9 Å². The van der Waals surface area contributed by atoms with E-state index in [0.717, 1.165) is 15.7 Å². The highest BCUT2D eigenvalue weighted by atomic mass is 79.9. The maximum atomic E-state index is 8.98. The molecule has 0 spiro atoms. The van der Waals surface area contributed by atoms with E-state index in [4.69, 9.17) is 9.84 Å². The van der Waals surface area contributed by atoms with Crippen molar-refractivity contribution in [1.82, 2.24) is 15.0 Å². The molecule has 1 aromatic carbocycles. The van der Waals surface area contributed by atoms with Gasteiger partial charge in [-0.2, -0.15) is 0 Å². The number of halogens is 1. The van der Waals surface area contributed by atoms with Crippen LogP contribution >= 0.6 is 15.9 Å². The fourth-order valence-corrected chi connectivity index (χ4v) is 1.91. The SMILES string of the molecule is Cn1cc(COc2ccc(CO)cc2Br)nn1. The van der Waals surface area contributed by atoms with Gasteiger partial charge in [-0.15, -0.1) is 5.10 Å². The van der Waals surface area contributed by atoms with Gasteiger partial charge in [0.15, 0.2) is 0 Å². The fourth-order valence-electron chi connectivity index (χ4n) is 1.37. The Balaban J connectivity index is 2.04. The van der Waals surface area contributed by atoms with Crippen LogP contribution in [-0.2, 0) is 20.3 Å². The van der Waals surface area contributed by atoms with Crippen LogP contribution in [0.2, 0.25) is 0 Å². The van der Waals surface area contributed by atoms with Gasteiger partial charge in [-0.1, -0.05) is 11.3 Å². The summed E-state index contributed by atoms with van der Waals surface area (Å²) in [4.78, 5) is 0. The second-order valence-corrected chi connectivity index (χ2v) is 4.45. The van der Waals surface area contributed by atoms with Gasteiger partial charge in [0.05, 0.1) is 17.3 Å². The third-order valence-electron chi connectivity index (χ3n) is 2.20. The molecule has 0 aliphatic rings. The van der Waals surface area contributed by atoms with E-state index in [-0.39, 0.29) is 6.61 Å². The molecule has 1 heterocycles. The molecule has 0 aliphatic heterocycles. The molecule has 0 amide bonds. The summed E-state index contributed by atoms with van der Waals surface area (Å²) in [5.74, 6) is 0.716. The molecule has 0 atom stereocenters. The molecule has 2 aromatic rings. The van der Waals surface area contributed by atoms with Crippen LogP contribution in [0.1, 0.15) is 11.3 Å². The minimum Gasteiger partial charge on any atom is -0.486 e. The Labute approximate surface area is 107 Å². The third-order valence-corrected chi connectivity index (χ3v) is 2.82. The Morgan fingerprint density at radius 1 is 1.47 bits per heavy atom. The Bertz CT molecular complexity index is 513. The molecule has 1 N–H and O–H groups in total. The summed E-state index contributed by atoms with van der Waals surface area (Å²) in [6.07, 6.45) is 1.80. The van der Waals surface area contributed by atoms with Crippen LogP contribution < -0.4 is 4.74 Å². The molecule has 5 nitrogen and oxygen atoms in total. The van der Waals surface area contributed by atoms with Crippen molar-refractivity contribution in [3.05, 3.63) is 40.1 Å². The summed E-state index contributed by atoms with van der Waals surface area (Å²) in [6, 6.07) is 5.45. The van der Waals surface area contributed by atoms with E-state index >= 15 is 0 Å². The van der Waals surface area contributed by atoms with Gasteiger partial charge in [0.2, 0.25) is 0 Å². The maximum absolute atomic E-state index is 8.98. The molecule has 6 heteroatoms. The van der Waals surface area contributed by atoms with Gasteiger partial charge in [0.25, 0.3) is 0 Å². The van der Waals surface area contributed by atoms with Crippen LogP contribution in [0, 0.1) is 0 Å². The van der Waals surface area contributed by atoms with Gasteiger partial charge in [-0.25, -0.2) is 0 Å². The van der Waals surface area contributed by atoms with Gasteiger partial charge in [0, 0.05) is 7.05 Å². The lowest BCUT2D eigenvalue weighted by atomic mass is 10.2. The minimum absolute atomic E-state index is 0.0169. The molecule has 1 aromatic heterocycles. The topological polar surface area (TPSA) is 60.2 Å². The van der Waals surface area contributed by atoms with Crippen molar-refractivity contribution < 1.29 is 9.84 Å². The van der Waals surface area contributed by atoms with Crippen molar-refractivity contribution in [2.24, 2.45) is 7.05 Å².